The highest BCUT2D eigenvalue weighted by molar-refractivity contribution is 9.10. The highest BCUT2D eigenvalue weighted by Gasteiger charge is 2.15. The Balaban J connectivity index is 2.10. The number of nitrogens with one attached hydrogen (secondary N) is 1. The molecule has 0 saturated heterocycles. The van der Waals surface area contributed by atoms with Crippen molar-refractivity contribution >= 4 is 15.9 Å². The molecule has 0 aliphatic rings. The van der Waals surface area contributed by atoms with Crippen molar-refractivity contribution in [3.8, 4) is 0 Å². The first kappa shape index (κ1) is 14.1. The summed E-state index contributed by atoms with van der Waals surface area (Å²) in [6.45, 7) is 4.06. The Morgan fingerprint density at radius 3 is 2.63 bits per heavy atom. The Kier molecular flexibility index (Phi) is 4.31. The summed E-state index contributed by atoms with van der Waals surface area (Å²) in [5.41, 5.74) is 1.02. The molecule has 0 aliphatic heterocycles. The zero-order valence-electron chi connectivity index (χ0n) is 11.1. The first-order valence-electron chi connectivity index (χ1n) is 6.04. The van der Waals surface area contributed by atoms with Crippen LogP contribution in [0.1, 0.15) is 37.3 Å². The highest BCUT2D eigenvalue weighted by atomic mass is 79.9. The van der Waals surface area contributed by atoms with E-state index in [1.165, 1.54) is 6.07 Å². The summed E-state index contributed by atoms with van der Waals surface area (Å²) in [5, 5.41) is 11.4. The summed E-state index contributed by atoms with van der Waals surface area (Å²) in [5.74, 6) is 0.616. The van der Waals surface area contributed by atoms with Crippen LogP contribution in [0.25, 0.3) is 0 Å². The van der Waals surface area contributed by atoms with Gasteiger partial charge in [0.25, 0.3) is 0 Å². The summed E-state index contributed by atoms with van der Waals surface area (Å²) in [7, 11) is 1.91. The van der Waals surface area contributed by atoms with E-state index in [0.29, 0.717) is 4.47 Å². The fourth-order valence-corrected chi connectivity index (χ4v) is 2.41. The molecule has 0 saturated carbocycles. The predicted molar refractivity (Wildman–Crippen MR) is 75.1 cm³/mol. The standard InChI is InChI=1S/C13H16BrFN4/c1-8(10-4-5-12(15)11(14)6-10)17-9(2)13-18-16-7-19(13)3/h4-9,17H,1-3H3. The molecule has 0 fully saturated rings. The molecule has 4 nitrogen and oxygen atoms in total. The lowest BCUT2D eigenvalue weighted by Crippen LogP contribution is -2.24. The number of nitrogens with zero attached hydrogens (tertiary/aromatic N) is 3. The largest absolute Gasteiger partial charge is 0.319 e. The van der Waals surface area contributed by atoms with Gasteiger partial charge in [0, 0.05) is 13.1 Å². The maximum Gasteiger partial charge on any atom is 0.149 e. The third-order valence-corrected chi connectivity index (χ3v) is 3.69. The maximum absolute atomic E-state index is 13.2. The van der Waals surface area contributed by atoms with Gasteiger partial charge in [0.1, 0.15) is 18.0 Å². The number of rotatable bonds is 4. The van der Waals surface area contributed by atoms with Gasteiger partial charge in [-0.1, -0.05) is 6.07 Å². The molecule has 1 N–H and O–H groups in total. The number of halogens is 2. The van der Waals surface area contributed by atoms with Crippen LogP contribution in [0.2, 0.25) is 0 Å². The quantitative estimate of drug-likeness (QED) is 0.938. The van der Waals surface area contributed by atoms with E-state index in [9.17, 15) is 4.39 Å². The zero-order valence-corrected chi connectivity index (χ0v) is 12.6. The number of aromatic nitrogens is 3. The summed E-state index contributed by atoms with van der Waals surface area (Å²) in [6.07, 6.45) is 1.67. The molecule has 102 valence electrons. The summed E-state index contributed by atoms with van der Waals surface area (Å²) in [4.78, 5) is 0. The van der Waals surface area contributed by atoms with Crippen molar-refractivity contribution in [1.29, 1.82) is 0 Å². The van der Waals surface area contributed by atoms with Crippen molar-refractivity contribution in [2.45, 2.75) is 25.9 Å². The van der Waals surface area contributed by atoms with Crippen LogP contribution in [0.5, 0.6) is 0 Å². The number of benzene rings is 1. The van der Waals surface area contributed by atoms with E-state index in [1.807, 2.05) is 25.5 Å². The van der Waals surface area contributed by atoms with Crippen LogP contribution in [-0.2, 0) is 7.05 Å². The molecule has 2 atom stereocenters. The molecule has 6 heteroatoms. The highest BCUT2D eigenvalue weighted by Crippen LogP contribution is 2.23. The lowest BCUT2D eigenvalue weighted by molar-refractivity contribution is 0.465. The molecular weight excluding hydrogens is 311 g/mol. The molecule has 2 unspecified atom stereocenters. The van der Waals surface area contributed by atoms with Gasteiger partial charge >= 0.3 is 0 Å². The molecular formula is C13H16BrFN4. The lowest BCUT2D eigenvalue weighted by Gasteiger charge is -2.20. The Morgan fingerprint density at radius 2 is 2.05 bits per heavy atom. The normalized spacial score (nSPS) is 14.4. The molecule has 1 heterocycles. The number of hydrogen-bond donors (Lipinski definition) is 1. The second kappa shape index (κ2) is 5.79. The average molecular weight is 327 g/mol. The Bertz CT molecular complexity index is 570. The lowest BCUT2D eigenvalue weighted by atomic mass is 10.1. The van der Waals surface area contributed by atoms with Crippen LogP contribution < -0.4 is 5.32 Å². The topological polar surface area (TPSA) is 42.7 Å². The van der Waals surface area contributed by atoms with Crippen molar-refractivity contribution in [3.63, 3.8) is 0 Å². The third-order valence-electron chi connectivity index (χ3n) is 3.08. The van der Waals surface area contributed by atoms with Gasteiger partial charge in [0.05, 0.1) is 10.5 Å². The van der Waals surface area contributed by atoms with E-state index in [-0.39, 0.29) is 17.9 Å². The smallest absolute Gasteiger partial charge is 0.149 e. The van der Waals surface area contributed by atoms with E-state index >= 15 is 0 Å². The molecule has 1 aromatic heterocycles. The number of hydrogen-bond acceptors (Lipinski definition) is 3. The molecule has 0 amide bonds. The average Bonchev–Trinajstić information content (AvgIpc) is 2.79. The fraction of sp³-hybridized carbons (Fsp3) is 0.385. The Morgan fingerprint density at radius 1 is 1.32 bits per heavy atom. The van der Waals surface area contributed by atoms with E-state index in [0.717, 1.165) is 11.4 Å². The van der Waals surface area contributed by atoms with Crippen LogP contribution in [0.15, 0.2) is 29.0 Å². The van der Waals surface area contributed by atoms with Crippen molar-refractivity contribution in [2.75, 3.05) is 0 Å². The van der Waals surface area contributed by atoms with E-state index < -0.39 is 0 Å². The van der Waals surface area contributed by atoms with E-state index in [2.05, 4.69) is 31.4 Å². The molecule has 0 aliphatic carbocycles. The predicted octanol–water partition coefficient (Wildman–Crippen LogP) is 3.13. The van der Waals surface area contributed by atoms with Gasteiger partial charge < -0.3 is 9.88 Å². The van der Waals surface area contributed by atoms with Gasteiger partial charge in [-0.2, -0.15) is 0 Å². The van der Waals surface area contributed by atoms with Crippen LogP contribution in [-0.4, -0.2) is 14.8 Å². The molecule has 0 radical (unpaired) electrons. The fourth-order valence-electron chi connectivity index (χ4n) is 2.01. The molecule has 2 rings (SSSR count). The van der Waals surface area contributed by atoms with Gasteiger partial charge in [0.2, 0.25) is 0 Å². The van der Waals surface area contributed by atoms with Gasteiger partial charge in [-0.05, 0) is 47.5 Å². The summed E-state index contributed by atoms with van der Waals surface area (Å²) in [6, 6.07) is 5.18. The van der Waals surface area contributed by atoms with Crippen LogP contribution in [0.3, 0.4) is 0 Å². The Labute approximate surface area is 120 Å². The van der Waals surface area contributed by atoms with Crippen molar-refractivity contribution in [2.24, 2.45) is 7.05 Å². The first-order valence-corrected chi connectivity index (χ1v) is 6.83. The maximum atomic E-state index is 13.2. The minimum atomic E-state index is -0.253. The molecule has 0 spiro atoms. The van der Waals surface area contributed by atoms with Crippen LogP contribution >= 0.6 is 15.9 Å². The minimum Gasteiger partial charge on any atom is -0.319 e. The van der Waals surface area contributed by atoms with E-state index in [1.54, 1.807) is 18.5 Å². The second-order valence-electron chi connectivity index (χ2n) is 4.58. The van der Waals surface area contributed by atoms with Crippen molar-refractivity contribution < 1.29 is 4.39 Å². The van der Waals surface area contributed by atoms with Gasteiger partial charge in [-0.25, -0.2) is 4.39 Å². The summed E-state index contributed by atoms with van der Waals surface area (Å²) >= 11 is 3.20. The molecule has 19 heavy (non-hydrogen) atoms. The van der Waals surface area contributed by atoms with Crippen LogP contribution in [0, 0.1) is 5.82 Å². The van der Waals surface area contributed by atoms with Gasteiger partial charge in [-0.15, -0.1) is 10.2 Å². The second-order valence-corrected chi connectivity index (χ2v) is 5.44. The minimum absolute atomic E-state index is 0.0614. The molecule has 1 aromatic carbocycles. The van der Waals surface area contributed by atoms with Gasteiger partial charge in [-0.3, -0.25) is 0 Å². The Hall–Kier alpha value is -1.27. The summed E-state index contributed by atoms with van der Waals surface area (Å²) < 4.78 is 15.6. The van der Waals surface area contributed by atoms with Crippen molar-refractivity contribution in [1.82, 2.24) is 20.1 Å². The monoisotopic (exact) mass is 326 g/mol. The van der Waals surface area contributed by atoms with Crippen LogP contribution in [0.4, 0.5) is 4.39 Å². The van der Waals surface area contributed by atoms with Gasteiger partial charge in [0.15, 0.2) is 0 Å². The first-order chi connectivity index (χ1) is 8.99. The number of aryl methyl sites for hydroxylation is 1. The molecule has 2 aromatic rings. The zero-order chi connectivity index (χ0) is 14.0. The SMILES string of the molecule is CC(NC(C)c1nncn1C)c1ccc(F)c(Br)c1. The third kappa shape index (κ3) is 3.19. The molecule has 0 bridgehead atoms. The van der Waals surface area contributed by atoms with E-state index in [4.69, 9.17) is 0 Å². The van der Waals surface area contributed by atoms with Crippen molar-refractivity contribution in [3.05, 3.63) is 46.2 Å².